The third-order valence-electron chi connectivity index (χ3n) is 4.43. The normalized spacial score (nSPS) is 11.3. The van der Waals surface area contributed by atoms with Gasteiger partial charge in [0.15, 0.2) is 14.8 Å². The maximum atomic E-state index is 13.9. The lowest BCUT2D eigenvalue weighted by Gasteiger charge is -2.10. The molecular weight excluding hydrogens is 432 g/mol. The molecule has 0 aliphatic rings. The number of halogens is 2. The molecule has 0 aliphatic carbocycles. The van der Waals surface area contributed by atoms with Crippen molar-refractivity contribution >= 4 is 45.7 Å². The molecule has 0 radical (unpaired) electrons. The van der Waals surface area contributed by atoms with E-state index >= 15 is 0 Å². The fourth-order valence-corrected chi connectivity index (χ4v) is 5.14. The summed E-state index contributed by atoms with van der Waals surface area (Å²) in [6.07, 6.45) is 0. The van der Waals surface area contributed by atoms with Gasteiger partial charge < -0.3 is 0 Å². The fourth-order valence-electron chi connectivity index (χ4n) is 2.86. The molecule has 29 heavy (non-hydrogen) atoms. The van der Waals surface area contributed by atoms with Crippen LogP contribution in [0.4, 0.5) is 8.78 Å². The van der Waals surface area contributed by atoms with E-state index in [1.54, 1.807) is 11.6 Å². The van der Waals surface area contributed by atoms with Gasteiger partial charge in [-0.15, -0.1) is 0 Å². The van der Waals surface area contributed by atoms with Gasteiger partial charge in [0, 0.05) is 24.1 Å². The van der Waals surface area contributed by atoms with Crippen LogP contribution >= 0.6 is 35.3 Å². The minimum Gasteiger partial charge on any atom is -0.289 e. The Hall–Kier alpha value is -2.36. The predicted octanol–water partition coefficient (Wildman–Crippen LogP) is 5.39. The zero-order valence-electron chi connectivity index (χ0n) is 15.5. The number of aromatic nitrogens is 3. The molecule has 0 amide bonds. The van der Waals surface area contributed by atoms with Crippen LogP contribution in [0.1, 0.15) is 11.1 Å². The Balaban J connectivity index is 1.81. The standard InChI is InChI=1S/C20H15F2N3OS3/c1-11-3-6-14(7-4-11)25-17-16(29-20(25)27)18(26)24(2)19(23-17)28-10-12-9-13(21)5-8-15(12)22/h3-9H,10H2,1-2H3. The van der Waals surface area contributed by atoms with Crippen LogP contribution in [-0.2, 0) is 12.8 Å². The van der Waals surface area contributed by atoms with Crippen LogP contribution in [0, 0.1) is 22.5 Å². The largest absolute Gasteiger partial charge is 0.289 e. The van der Waals surface area contributed by atoms with Crippen LogP contribution in [0.15, 0.2) is 52.4 Å². The molecule has 2 aromatic carbocycles. The highest BCUT2D eigenvalue weighted by atomic mass is 32.2. The number of nitrogens with zero attached hydrogens (tertiary/aromatic N) is 3. The molecule has 0 aliphatic heterocycles. The van der Waals surface area contributed by atoms with Crippen molar-refractivity contribution in [2.24, 2.45) is 7.05 Å². The van der Waals surface area contributed by atoms with E-state index in [1.807, 2.05) is 31.2 Å². The van der Waals surface area contributed by atoms with Crippen LogP contribution in [0.5, 0.6) is 0 Å². The van der Waals surface area contributed by atoms with Crippen LogP contribution in [0.3, 0.4) is 0 Å². The van der Waals surface area contributed by atoms with Gasteiger partial charge >= 0.3 is 0 Å². The molecular formula is C20H15F2N3OS3. The van der Waals surface area contributed by atoms with Crippen LogP contribution in [0.25, 0.3) is 16.0 Å². The van der Waals surface area contributed by atoms with Gasteiger partial charge in [0.1, 0.15) is 16.3 Å². The molecule has 0 unspecified atom stereocenters. The monoisotopic (exact) mass is 447 g/mol. The van der Waals surface area contributed by atoms with E-state index in [9.17, 15) is 13.6 Å². The predicted molar refractivity (Wildman–Crippen MR) is 116 cm³/mol. The maximum absolute atomic E-state index is 13.9. The molecule has 0 saturated heterocycles. The second-order valence-electron chi connectivity index (χ2n) is 6.47. The maximum Gasteiger partial charge on any atom is 0.273 e. The minimum atomic E-state index is -0.509. The molecule has 148 valence electrons. The van der Waals surface area contributed by atoms with Crippen molar-refractivity contribution in [3.8, 4) is 5.69 Å². The number of thioether (sulfide) groups is 1. The third-order valence-corrected chi connectivity index (χ3v) is 6.86. The molecule has 2 heterocycles. The van der Waals surface area contributed by atoms with E-state index in [0.29, 0.717) is 19.5 Å². The molecule has 0 saturated carbocycles. The Morgan fingerprint density at radius 1 is 1.17 bits per heavy atom. The summed E-state index contributed by atoms with van der Waals surface area (Å²) in [7, 11) is 1.61. The van der Waals surface area contributed by atoms with Crippen molar-refractivity contribution in [2.75, 3.05) is 0 Å². The quantitative estimate of drug-likeness (QED) is 0.239. The SMILES string of the molecule is Cc1ccc(-n2c(=S)sc3c(=O)n(C)c(SCc4cc(F)ccc4F)nc32)cc1. The summed E-state index contributed by atoms with van der Waals surface area (Å²) < 4.78 is 31.5. The molecule has 0 N–H and O–H groups in total. The van der Waals surface area contributed by atoms with E-state index in [-0.39, 0.29) is 16.9 Å². The van der Waals surface area contributed by atoms with Crippen molar-refractivity contribution in [1.29, 1.82) is 0 Å². The van der Waals surface area contributed by atoms with Crippen LogP contribution in [0.2, 0.25) is 0 Å². The first-order valence-electron chi connectivity index (χ1n) is 8.61. The van der Waals surface area contributed by atoms with Gasteiger partial charge in [-0.05, 0) is 49.5 Å². The number of rotatable bonds is 4. The summed E-state index contributed by atoms with van der Waals surface area (Å²) in [5.41, 5.74) is 2.38. The molecule has 2 aromatic heterocycles. The highest BCUT2D eigenvalue weighted by molar-refractivity contribution is 7.98. The third kappa shape index (κ3) is 3.77. The Labute approximate surface area is 178 Å². The van der Waals surface area contributed by atoms with E-state index in [4.69, 9.17) is 12.2 Å². The minimum absolute atomic E-state index is 0.144. The van der Waals surface area contributed by atoms with E-state index in [1.165, 1.54) is 27.7 Å². The summed E-state index contributed by atoms with van der Waals surface area (Å²) >= 11 is 7.86. The van der Waals surface area contributed by atoms with Crippen LogP contribution in [-0.4, -0.2) is 14.1 Å². The number of hydrogen-bond acceptors (Lipinski definition) is 5. The molecule has 0 bridgehead atoms. The summed E-state index contributed by atoms with van der Waals surface area (Å²) in [4.78, 5) is 17.5. The number of benzene rings is 2. The van der Waals surface area contributed by atoms with Gasteiger partial charge in [0.05, 0.1) is 0 Å². The summed E-state index contributed by atoms with van der Waals surface area (Å²) in [6.45, 7) is 1.99. The fraction of sp³-hybridized carbons (Fsp3) is 0.150. The van der Waals surface area contributed by atoms with Crippen LogP contribution < -0.4 is 5.56 Å². The highest BCUT2D eigenvalue weighted by Crippen LogP contribution is 2.27. The Bertz CT molecular complexity index is 1340. The molecule has 4 rings (SSSR count). The Morgan fingerprint density at radius 2 is 1.90 bits per heavy atom. The Morgan fingerprint density at radius 3 is 2.62 bits per heavy atom. The summed E-state index contributed by atoms with van der Waals surface area (Å²) in [5, 5.41) is 0.403. The van der Waals surface area contributed by atoms with Gasteiger partial charge in [-0.25, -0.2) is 13.8 Å². The second kappa shape index (κ2) is 7.81. The van der Waals surface area contributed by atoms with Crippen molar-refractivity contribution in [3.05, 3.63) is 79.5 Å². The second-order valence-corrected chi connectivity index (χ2v) is 9.06. The summed E-state index contributed by atoms with van der Waals surface area (Å²) in [5.74, 6) is -0.863. The van der Waals surface area contributed by atoms with E-state index in [0.717, 1.165) is 29.4 Å². The highest BCUT2D eigenvalue weighted by Gasteiger charge is 2.17. The molecule has 0 atom stereocenters. The topological polar surface area (TPSA) is 39.8 Å². The first kappa shape index (κ1) is 19.9. The molecule has 4 aromatic rings. The zero-order valence-corrected chi connectivity index (χ0v) is 17.9. The first-order valence-corrected chi connectivity index (χ1v) is 10.8. The average molecular weight is 448 g/mol. The number of thiazole rings is 1. The molecule has 0 spiro atoms. The van der Waals surface area contributed by atoms with Crippen molar-refractivity contribution < 1.29 is 8.78 Å². The lowest BCUT2D eigenvalue weighted by molar-refractivity contribution is 0.591. The Kier molecular flexibility index (Phi) is 5.37. The zero-order chi connectivity index (χ0) is 20.7. The van der Waals surface area contributed by atoms with E-state index in [2.05, 4.69) is 4.98 Å². The van der Waals surface area contributed by atoms with Gasteiger partial charge in [-0.1, -0.05) is 40.8 Å². The van der Waals surface area contributed by atoms with Crippen molar-refractivity contribution in [3.63, 3.8) is 0 Å². The lowest BCUT2D eigenvalue weighted by atomic mass is 10.2. The van der Waals surface area contributed by atoms with Gasteiger partial charge in [0.2, 0.25) is 0 Å². The van der Waals surface area contributed by atoms with Crippen molar-refractivity contribution in [1.82, 2.24) is 14.1 Å². The number of hydrogen-bond donors (Lipinski definition) is 0. The number of fused-ring (bicyclic) bond motifs is 1. The number of aryl methyl sites for hydroxylation is 1. The molecule has 9 heteroatoms. The lowest BCUT2D eigenvalue weighted by Crippen LogP contribution is -2.19. The molecule has 4 nitrogen and oxygen atoms in total. The van der Waals surface area contributed by atoms with Gasteiger partial charge in [-0.2, -0.15) is 0 Å². The molecule has 0 fully saturated rings. The smallest absolute Gasteiger partial charge is 0.273 e. The van der Waals surface area contributed by atoms with Gasteiger partial charge in [-0.3, -0.25) is 13.9 Å². The summed E-state index contributed by atoms with van der Waals surface area (Å²) in [6, 6.07) is 11.1. The van der Waals surface area contributed by atoms with Crippen molar-refractivity contribution in [2.45, 2.75) is 17.8 Å². The first-order chi connectivity index (χ1) is 13.8. The van der Waals surface area contributed by atoms with E-state index < -0.39 is 11.6 Å². The van der Waals surface area contributed by atoms with Gasteiger partial charge in [0.25, 0.3) is 5.56 Å². The average Bonchev–Trinajstić information content (AvgIpc) is 3.03.